The molecule has 1 rings (SSSR count). The van der Waals surface area contributed by atoms with E-state index in [9.17, 15) is 18.3 Å². The van der Waals surface area contributed by atoms with Crippen LogP contribution in [0.3, 0.4) is 0 Å². The second kappa shape index (κ2) is 4.86. The Labute approximate surface area is 97.8 Å². The fourth-order valence-corrected chi connectivity index (χ4v) is 2.34. The smallest absolute Gasteiger partial charge is 0.300 e. The van der Waals surface area contributed by atoms with Crippen LogP contribution in [0.2, 0.25) is 0 Å². The van der Waals surface area contributed by atoms with Crippen molar-refractivity contribution in [2.45, 2.75) is 18.2 Å². The number of pyridine rings is 1. The van der Waals surface area contributed by atoms with E-state index in [1.807, 2.05) is 4.98 Å². The Bertz CT molecular complexity index is 574. The van der Waals surface area contributed by atoms with E-state index in [1.165, 1.54) is 14.0 Å². The molecule has 17 heavy (non-hydrogen) atoms. The maximum Gasteiger partial charge on any atom is 0.300 e. The van der Waals surface area contributed by atoms with Crippen LogP contribution in [0.15, 0.2) is 9.69 Å². The van der Waals surface area contributed by atoms with Gasteiger partial charge in [-0.05, 0) is 12.5 Å². The number of aromatic hydroxyl groups is 1. The highest BCUT2D eigenvalue weighted by Gasteiger charge is 2.22. The molecule has 0 aliphatic carbocycles. The minimum atomic E-state index is -4.62. The molecular formula is C9H13NO6S. The third-order valence-electron chi connectivity index (χ3n) is 2.33. The zero-order chi connectivity index (χ0) is 13.2. The van der Waals surface area contributed by atoms with Crippen molar-refractivity contribution in [3.05, 3.63) is 21.5 Å². The lowest BCUT2D eigenvalue weighted by Crippen LogP contribution is -2.20. The minimum Gasteiger partial charge on any atom is -0.494 e. The molecule has 0 spiro atoms. The SMILES string of the molecule is COCCc1c(O)[nH]c(=O)c(S(=O)(=O)O)c1C. The fraction of sp³-hybridized carbons (Fsp3) is 0.444. The largest absolute Gasteiger partial charge is 0.494 e. The Morgan fingerprint density at radius 3 is 2.47 bits per heavy atom. The molecule has 7 nitrogen and oxygen atoms in total. The van der Waals surface area contributed by atoms with E-state index < -0.39 is 26.5 Å². The molecule has 0 saturated carbocycles. The predicted molar refractivity (Wildman–Crippen MR) is 58.9 cm³/mol. The normalized spacial score (nSPS) is 11.7. The number of hydrogen-bond donors (Lipinski definition) is 3. The maximum atomic E-state index is 11.3. The minimum absolute atomic E-state index is 0.0193. The number of ether oxygens (including phenoxy) is 1. The highest BCUT2D eigenvalue weighted by atomic mass is 32.2. The van der Waals surface area contributed by atoms with Crippen molar-refractivity contribution in [2.24, 2.45) is 0 Å². The lowest BCUT2D eigenvalue weighted by molar-refractivity contribution is 0.201. The Kier molecular flexibility index (Phi) is 3.91. The Morgan fingerprint density at radius 1 is 1.41 bits per heavy atom. The molecule has 0 fully saturated rings. The first-order chi connectivity index (χ1) is 7.79. The van der Waals surface area contributed by atoms with Crippen LogP contribution in [0.1, 0.15) is 11.1 Å². The fourth-order valence-electron chi connectivity index (χ4n) is 1.55. The van der Waals surface area contributed by atoms with Gasteiger partial charge >= 0.3 is 0 Å². The number of hydrogen-bond acceptors (Lipinski definition) is 5. The third-order valence-corrected chi connectivity index (χ3v) is 3.34. The van der Waals surface area contributed by atoms with E-state index in [0.717, 1.165) is 0 Å². The first-order valence-electron chi connectivity index (χ1n) is 4.70. The lowest BCUT2D eigenvalue weighted by atomic mass is 10.1. The molecule has 0 aliphatic rings. The van der Waals surface area contributed by atoms with Crippen molar-refractivity contribution in [3.8, 4) is 5.88 Å². The summed E-state index contributed by atoms with van der Waals surface area (Å²) >= 11 is 0. The van der Waals surface area contributed by atoms with Gasteiger partial charge < -0.3 is 9.84 Å². The Morgan fingerprint density at radius 2 is 2.00 bits per heavy atom. The van der Waals surface area contributed by atoms with E-state index in [1.54, 1.807) is 0 Å². The molecule has 0 unspecified atom stereocenters. The van der Waals surface area contributed by atoms with Crippen molar-refractivity contribution in [2.75, 3.05) is 13.7 Å². The van der Waals surface area contributed by atoms with Gasteiger partial charge in [-0.3, -0.25) is 14.3 Å². The molecule has 0 amide bonds. The number of aromatic amines is 1. The average Bonchev–Trinajstić information content (AvgIpc) is 2.14. The molecule has 1 heterocycles. The number of rotatable bonds is 4. The summed E-state index contributed by atoms with van der Waals surface area (Å²) in [6.45, 7) is 1.58. The molecule has 0 radical (unpaired) electrons. The van der Waals surface area contributed by atoms with E-state index in [0.29, 0.717) is 0 Å². The summed E-state index contributed by atoms with van der Waals surface area (Å²) in [4.78, 5) is 12.6. The van der Waals surface area contributed by atoms with E-state index >= 15 is 0 Å². The van der Waals surface area contributed by atoms with Crippen LogP contribution in [0.25, 0.3) is 0 Å². The van der Waals surface area contributed by atoms with Gasteiger partial charge in [0.2, 0.25) is 0 Å². The molecule has 0 aromatic carbocycles. The summed E-state index contributed by atoms with van der Waals surface area (Å²) < 4.78 is 35.8. The highest BCUT2D eigenvalue weighted by Crippen LogP contribution is 2.21. The Hall–Kier alpha value is -1.38. The van der Waals surface area contributed by atoms with Crippen LogP contribution in [-0.2, 0) is 21.3 Å². The number of methoxy groups -OCH3 is 1. The molecule has 96 valence electrons. The van der Waals surface area contributed by atoms with Gasteiger partial charge in [0.15, 0.2) is 10.8 Å². The van der Waals surface area contributed by atoms with Gasteiger partial charge in [-0.1, -0.05) is 0 Å². The van der Waals surface area contributed by atoms with E-state index in [2.05, 4.69) is 0 Å². The summed E-state index contributed by atoms with van der Waals surface area (Å²) in [5, 5.41) is 9.50. The number of nitrogens with one attached hydrogen (secondary N) is 1. The van der Waals surface area contributed by atoms with Gasteiger partial charge in [0.25, 0.3) is 15.7 Å². The molecule has 0 bridgehead atoms. The first-order valence-corrected chi connectivity index (χ1v) is 6.14. The van der Waals surface area contributed by atoms with Crippen LogP contribution in [0.5, 0.6) is 5.88 Å². The molecule has 0 saturated heterocycles. The summed E-state index contributed by atoms with van der Waals surface area (Å²) in [6.07, 6.45) is 0.216. The van der Waals surface area contributed by atoms with Crippen molar-refractivity contribution >= 4 is 10.1 Å². The summed E-state index contributed by atoms with van der Waals surface area (Å²) in [5.41, 5.74) is -0.812. The predicted octanol–water partition coefficient (Wildman–Crippen LogP) is -0.175. The molecular weight excluding hydrogens is 250 g/mol. The van der Waals surface area contributed by atoms with Crippen LogP contribution in [0.4, 0.5) is 0 Å². The van der Waals surface area contributed by atoms with Crippen molar-refractivity contribution in [1.29, 1.82) is 0 Å². The molecule has 8 heteroatoms. The summed E-state index contributed by atoms with van der Waals surface area (Å²) in [7, 11) is -3.18. The van der Waals surface area contributed by atoms with Crippen LogP contribution >= 0.6 is 0 Å². The Balaban J connectivity index is 3.49. The topological polar surface area (TPSA) is 117 Å². The van der Waals surface area contributed by atoms with Gasteiger partial charge in [-0.25, -0.2) is 0 Å². The first kappa shape index (κ1) is 13.7. The van der Waals surface area contributed by atoms with E-state index in [4.69, 9.17) is 9.29 Å². The van der Waals surface area contributed by atoms with Crippen molar-refractivity contribution < 1.29 is 22.8 Å². The van der Waals surface area contributed by atoms with Gasteiger partial charge in [0.1, 0.15) is 0 Å². The maximum absolute atomic E-state index is 11.3. The molecule has 0 atom stereocenters. The standard InChI is InChI=1S/C9H13NO6S/c1-5-6(3-4-16-2)8(11)10-9(12)7(5)17(13,14)15/h3-4H2,1-2H3,(H2,10,11,12)(H,13,14,15). The van der Waals surface area contributed by atoms with Gasteiger partial charge in [-0.2, -0.15) is 8.42 Å². The second-order valence-electron chi connectivity index (χ2n) is 3.45. The lowest BCUT2D eigenvalue weighted by Gasteiger charge is -2.10. The zero-order valence-electron chi connectivity index (χ0n) is 9.35. The summed E-state index contributed by atoms with van der Waals surface area (Å²) in [6, 6.07) is 0. The zero-order valence-corrected chi connectivity index (χ0v) is 10.2. The monoisotopic (exact) mass is 263 g/mol. The molecule has 3 N–H and O–H groups in total. The van der Waals surface area contributed by atoms with Crippen LogP contribution in [-0.4, -0.2) is 36.8 Å². The molecule has 0 aliphatic heterocycles. The van der Waals surface area contributed by atoms with Gasteiger partial charge in [0, 0.05) is 19.1 Å². The molecule has 1 aromatic rings. The third kappa shape index (κ3) is 2.84. The van der Waals surface area contributed by atoms with Crippen molar-refractivity contribution in [1.82, 2.24) is 4.98 Å². The highest BCUT2D eigenvalue weighted by molar-refractivity contribution is 7.85. The second-order valence-corrected chi connectivity index (χ2v) is 4.81. The van der Waals surface area contributed by atoms with Gasteiger partial charge in [0.05, 0.1) is 6.61 Å². The average molecular weight is 263 g/mol. The number of H-pyrrole nitrogens is 1. The van der Waals surface area contributed by atoms with E-state index in [-0.39, 0.29) is 24.2 Å². The molecule has 1 aromatic heterocycles. The van der Waals surface area contributed by atoms with Crippen LogP contribution < -0.4 is 5.56 Å². The van der Waals surface area contributed by atoms with Gasteiger partial charge in [-0.15, -0.1) is 0 Å². The summed E-state index contributed by atoms with van der Waals surface area (Å²) in [5.74, 6) is -0.419. The quantitative estimate of drug-likeness (QED) is 0.649. The van der Waals surface area contributed by atoms with Crippen molar-refractivity contribution in [3.63, 3.8) is 0 Å². The van der Waals surface area contributed by atoms with Crippen LogP contribution in [0, 0.1) is 6.92 Å². The number of aromatic nitrogens is 1.